The second-order valence-electron chi connectivity index (χ2n) is 3.03. The zero-order chi connectivity index (χ0) is 6.81. The molecule has 0 saturated heterocycles. The summed E-state index contributed by atoms with van der Waals surface area (Å²) >= 11 is 0. The first kappa shape index (κ1) is 6.23. The molecular formula is C8H13N2. The molecule has 2 aliphatic rings. The highest BCUT2D eigenvalue weighted by molar-refractivity contribution is 5.16. The summed E-state index contributed by atoms with van der Waals surface area (Å²) in [6.07, 6.45) is 6.50. The number of rotatable bonds is 0. The first-order chi connectivity index (χ1) is 4.97. The van der Waals surface area contributed by atoms with E-state index in [0.29, 0.717) is 0 Å². The van der Waals surface area contributed by atoms with Crippen molar-refractivity contribution >= 4 is 0 Å². The van der Waals surface area contributed by atoms with Gasteiger partial charge in [0.15, 0.2) is 0 Å². The van der Waals surface area contributed by atoms with E-state index >= 15 is 0 Å². The fourth-order valence-electron chi connectivity index (χ4n) is 1.72. The molecule has 0 bridgehead atoms. The third kappa shape index (κ3) is 1.03. The molecular weight excluding hydrogens is 124 g/mol. The Hall–Kier alpha value is -0.500. The van der Waals surface area contributed by atoms with Crippen LogP contribution in [-0.2, 0) is 0 Å². The van der Waals surface area contributed by atoms with Crippen molar-refractivity contribution in [3.8, 4) is 0 Å². The smallest absolute Gasteiger partial charge is 0.0396 e. The van der Waals surface area contributed by atoms with E-state index in [1.54, 1.807) is 5.57 Å². The van der Waals surface area contributed by atoms with Crippen LogP contribution in [0.5, 0.6) is 0 Å². The molecule has 0 fully saturated rings. The summed E-state index contributed by atoms with van der Waals surface area (Å²) in [5.41, 5.74) is 10.3. The Balaban J connectivity index is 2.14. The molecule has 1 N–H and O–H groups in total. The molecule has 1 aliphatic heterocycles. The molecule has 0 aromatic heterocycles. The van der Waals surface area contributed by atoms with Gasteiger partial charge in [-0.1, -0.05) is 0 Å². The third-order valence-corrected chi connectivity index (χ3v) is 2.32. The van der Waals surface area contributed by atoms with E-state index < -0.39 is 0 Å². The molecule has 10 heavy (non-hydrogen) atoms. The number of hydrogen-bond acceptors (Lipinski definition) is 1. The molecule has 2 nitrogen and oxygen atoms in total. The lowest BCUT2D eigenvalue weighted by Gasteiger charge is -2.25. The Kier molecular flexibility index (Phi) is 1.63. The molecule has 0 amide bonds. The summed E-state index contributed by atoms with van der Waals surface area (Å²) in [6.45, 7) is 0.985. The minimum Gasteiger partial charge on any atom is -0.308 e. The van der Waals surface area contributed by atoms with Crippen molar-refractivity contribution in [3.05, 3.63) is 11.3 Å². The molecule has 2 heteroatoms. The Labute approximate surface area is 61.7 Å². The zero-order valence-electron chi connectivity index (χ0n) is 6.19. The quantitative estimate of drug-likeness (QED) is 0.535. The summed E-state index contributed by atoms with van der Waals surface area (Å²) in [5.74, 6) is 0. The molecule has 0 atom stereocenters. The van der Waals surface area contributed by atoms with Crippen LogP contribution < -0.4 is 10.9 Å². The fourth-order valence-corrected chi connectivity index (χ4v) is 1.72. The lowest BCUT2D eigenvalue weighted by Crippen LogP contribution is -2.32. The van der Waals surface area contributed by atoms with Crippen molar-refractivity contribution in [2.45, 2.75) is 32.1 Å². The molecule has 0 aromatic rings. The Bertz CT molecular complexity index is 127. The summed E-state index contributed by atoms with van der Waals surface area (Å²) in [5, 5.41) is 0. The van der Waals surface area contributed by atoms with Crippen LogP contribution in [0.25, 0.3) is 0 Å². The van der Waals surface area contributed by atoms with Gasteiger partial charge in [-0.15, -0.1) is 5.43 Å². The molecule has 1 aliphatic carbocycles. The second kappa shape index (κ2) is 2.62. The van der Waals surface area contributed by atoms with Gasteiger partial charge in [-0.2, -0.15) is 0 Å². The minimum absolute atomic E-state index is 0.985. The van der Waals surface area contributed by atoms with Gasteiger partial charge in [-0.05, 0) is 37.7 Å². The van der Waals surface area contributed by atoms with Gasteiger partial charge in [0, 0.05) is 12.2 Å². The average molecular weight is 137 g/mol. The molecule has 0 unspecified atom stereocenters. The highest BCUT2D eigenvalue weighted by Gasteiger charge is 2.15. The largest absolute Gasteiger partial charge is 0.308 e. The number of allylic oxidation sites excluding steroid dienone is 1. The highest BCUT2D eigenvalue weighted by atomic mass is 15.4. The van der Waals surface area contributed by atoms with Gasteiger partial charge in [-0.3, -0.25) is 0 Å². The van der Waals surface area contributed by atoms with Crippen LogP contribution in [0.4, 0.5) is 0 Å². The number of nitrogens with zero attached hydrogens (tertiary/aromatic N) is 1. The molecule has 1 heterocycles. The van der Waals surface area contributed by atoms with Gasteiger partial charge in [0.1, 0.15) is 0 Å². The van der Waals surface area contributed by atoms with E-state index in [-0.39, 0.29) is 0 Å². The monoisotopic (exact) mass is 137 g/mol. The van der Waals surface area contributed by atoms with E-state index in [4.69, 9.17) is 0 Å². The maximum atomic E-state index is 4.15. The normalized spacial score (nSPS) is 25.6. The molecule has 0 spiro atoms. The molecule has 55 valence electrons. The standard InChI is InChI=1S/C8H13N2/c1-2-4-8-7(3-1)5-6-9-10-8/h10H,1-6H2. The molecule has 2 rings (SSSR count). The van der Waals surface area contributed by atoms with Crippen molar-refractivity contribution in [1.82, 2.24) is 10.9 Å². The SMILES string of the molecule is C1CCC2=C(C1)CC[N]N2. The Morgan fingerprint density at radius 2 is 2.00 bits per heavy atom. The minimum atomic E-state index is 0.985. The first-order valence-corrected chi connectivity index (χ1v) is 4.10. The number of nitrogens with one attached hydrogen (secondary N) is 1. The van der Waals surface area contributed by atoms with E-state index in [1.807, 2.05) is 0 Å². The van der Waals surface area contributed by atoms with Crippen molar-refractivity contribution in [1.29, 1.82) is 0 Å². The van der Waals surface area contributed by atoms with Gasteiger partial charge >= 0.3 is 0 Å². The van der Waals surface area contributed by atoms with Crippen molar-refractivity contribution < 1.29 is 0 Å². The second-order valence-corrected chi connectivity index (χ2v) is 3.03. The third-order valence-electron chi connectivity index (χ3n) is 2.32. The Morgan fingerprint density at radius 1 is 1.10 bits per heavy atom. The van der Waals surface area contributed by atoms with E-state index in [2.05, 4.69) is 10.9 Å². The summed E-state index contributed by atoms with van der Waals surface area (Å²) in [6, 6.07) is 0. The number of hydrogen-bond donors (Lipinski definition) is 1. The molecule has 0 saturated carbocycles. The fraction of sp³-hybridized carbons (Fsp3) is 0.750. The van der Waals surface area contributed by atoms with Crippen molar-refractivity contribution in [3.63, 3.8) is 0 Å². The maximum absolute atomic E-state index is 4.15. The highest BCUT2D eigenvalue weighted by Crippen LogP contribution is 2.26. The predicted molar refractivity (Wildman–Crippen MR) is 40.2 cm³/mol. The molecule has 1 radical (unpaired) electrons. The predicted octanol–water partition coefficient (Wildman–Crippen LogP) is 1.33. The lowest BCUT2D eigenvalue weighted by atomic mass is 9.93. The van der Waals surface area contributed by atoms with Crippen LogP contribution in [0.1, 0.15) is 32.1 Å². The van der Waals surface area contributed by atoms with E-state index in [9.17, 15) is 0 Å². The van der Waals surface area contributed by atoms with Crippen LogP contribution in [0.3, 0.4) is 0 Å². The molecule has 0 aromatic carbocycles. The van der Waals surface area contributed by atoms with Crippen LogP contribution in [0, 0.1) is 0 Å². The van der Waals surface area contributed by atoms with Gasteiger partial charge in [-0.25, -0.2) is 0 Å². The van der Waals surface area contributed by atoms with Crippen LogP contribution in [-0.4, -0.2) is 6.54 Å². The van der Waals surface area contributed by atoms with Crippen LogP contribution in [0.2, 0.25) is 0 Å². The van der Waals surface area contributed by atoms with Crippen LogP contribution in [0.15, 0.2) is 11.3 Å². The zero-order valence-corrected chi connectivity index (χ0v) is 6.19. The first-order valence-electron chi connectivity index (χ1n) is 4.10. The Morgan fingerprint density at radius 3 is 2.90 bits per heavy atom. The lowest BCUT2D eigenvalue weighted by molar-refractivity contribution is 0.478. The van der Waals surface area contributed by atoms with Gasteiger partial charge in [0.25, 0.3) is 0 Å². The van der Waals surface area contributed by atoms with E-state index in [1.165, 1.54) is 37.8 Å². The summed E-state index contributed by atoms with van der Waals surface area (Å²) < 4.78 is 0. The van der Waals surface area contributed by atoms with Gasteiger partial charge in [0.2, 0.25) is 0 Å². The van der Waals surface area contributed by atoms with Crippen molar-refractivity contribution in [2.75, 3.05) is 6.54 Å². The summed E-state index contributed by atoms with van der Waals surface area (Å²) in [4.78, 5) is 0. The van der Waals surface area contributed by atoms with E-state index in [0.717, 1.165) is 6.54 Å². The summed E-state index contributed by atoms with van der Waals surface area (Å²) in [7, 11) is 0. The van der Waals surface area contributed by atoms with Crippen molar-refractivity contribution in [2.24, 2.45) is 0 Å². The average Bonchev–Trinajstić information content (AvgIpc) is 2.05. The van der Waals surface area contributed by atoms with Gasteiger partial charge < -0.3 is 5.43 Å². The van der Waals surface area contributed by atoms with Crippen LogP contribution >= 0.6 is 0 Å². The van der Waals surface area contributed by atoms with Gasteiger partial charge in [0.05, 0.1) is 0 Å². The topological polar surface area (TPSA) is 26.1 Å². The maximum Gasteiger partial charge on any atom is 0.0396 e.